The molecule has 7 heteroatoms. The fraction of sp³-hybridized carbons (Fsp3) is 0.250. The lowest BCUT2D eigenvalue weighted by Gasteiger charge is -2.24. The van der Waals surface area contributed by atoms with Crippen molar-refractivity contribution in [3.05, 3.63) is 46.7 Å². The van der Waals surface area contributed by atoms with Gasteiger partial charge in [-0.15, -0.1) is 11.8 Å². The van der Waals surface area contributed by atoms with Gasteiger partial charge in [-0.25, -0.2) is 0 Å². The highest BCUT2D eigenvalue weighted by atomic mass is 32.2. The Bertz CT molecular complexity index is 745. The number of thiophene rings is 1. The Kier molecular flexibility index (Phi) is 3.79. The first kappa shape index (κ1) is 15.0. The highest BCUT2D eigenvalue weighted by Crippen LogP contribution is 2.46. The number of thioether (sulfide) groups is 1. The summed E-state index contributed by atoms with van der Waals surface area (Å²) in [5.41, 5.74) is 2.01. The molecule has 2 aliphatic rings. The molecule has 4 nitrogen and oxygen atoms in total. The molecule has 1 amide bonds. The number of hydrogen-bond donors (Lipinski definition) is 0. The fourth-order valence-electron chi connectivity index (χ4n) is 2.93. The van der Waals surface area contributed by atoms with E-state index in [1.165, 1.54) is 5.56 Å². The molecule has 1 aromatic carbocycles. The van der Waals surface area contributed by atoms with Crippen molar-refractivity contribution >= 4 is 52.0 Å². The van der Waals surface area contributed by atoms with E-state index in [9.17, 15) is 4.79 Å². The maximum absolute atomic E-state index is 12.8. The summed E-state index contributed by atoms with van der Waals surface area (Å²) in [4.78, 5) is 16.6. The van der Waals surface area contributed by atoms with Crippen LogP contribution in [-0.2, 0) is 4.79 Å². The fourth-order valence-corrected chi connectivity index (χ4v) is 5.60. The van der Waals surface area contributed by atoms with Gasteiger partial charge in [-0.3, -0.25) is 9.69 Å². The van der Waals surface area contributed by atoms with Gasteiger partial charge >= 0.3 is 0 Å². The summed E-state index contributed by atoms with van der Waals surface area (Å²) in [6.07, 6.45) is 0. The van der Waals surface area contributed by atoms with Crippen LogP contribution in [0.15, 0.2) is 41.1 Å². The Morgan fingerprint density at radius 1 is 1.26 bits per heavy atom. The lowest BCUT2D eigenvalue weighted by atomic mass is 10.2. The number of amides is 1. The number of ether oxygens (including phenoxy) is 1. The average molecular weight is 363 g/mol. The normalized spacial score (nSPS) is 23.5. The van der Waals surface area contributed by atoms with Crippen LogP contribution in [-0.4, -0.2) is 34.8 Å². The number of fused-ring (bicyclic) bond motifs is 1. The van der Waals surface area contributed by atoms with Crippen LogP contribution in [0.5, 0.6) is 5.75 Å². The smallest absolute Gasteiger partial charge is 0.257 e. The van der Waals surface area contributed by atoms with Crippen molar-refractivity contribution < 1.29 is 9.53 Å². The zero-order valence-electron chi connectivity index (χ0n) is 12.3. The van der Waals surface area contributed by atoms with Crippen molar-refractivity contribution in [3.8, 4) is 5.75 Å². The van der Waals surface area contributed by atoms with Gasteiger partial charge in [-0.2, -0.15) is 11.3 Å². The first-order chi connectivity index (χ1) is 11.2. The van der Waals surface area contributed by atoms with Gasteiger partial charge in [0.25, 0.3) is 5.91 Å². The highest BCUT2D eigenvalue weighted by molar-refractivity contribution is 7.99. The minimum atomic E-state index is -0.167. The number of thiocarbonyl (C=S) groups is 1. The van der Waals surface area contributed by atoms with Crippen LogP contribution >= 0.6 is 35.3 Å². The molecule has 2 saturated heterocycles. The Labute approximate surface area is 148 Å². The molecular weight excluding hydrogens is 348 g/mol. The first-order valence-electron chi connectivity index (χ1n) is 7.14. The molecule has 2 aromatic rings. The minimum absolute atomic E-state index is 0.0606. The summed E-state index contributed by atoms with van der Waals surface area (Å²) in [6.45, 7) is 0. The molecule has 4 rings (SSSR count). The van der Waals surface area contributed by atoms with E-state index < -0.39 is 0 Å². The van der Waals surface area contributed by atoms with Crippen LogP contribution in [0.1, 0.15) is 10.9 Å². The largest absolute Gasteiger partial charge is 0.497 e. The summed E-state index contributed by atoms with van der Waals surface area (Å²) in [6, 6.07) is 9.38. The standard InChI is InChI=1S/C16H14N2O2S3/c1-20-12-4-2-11(3-5-12)17-14(19)13-9-23-15(18(13)16(17)21)10-6-7-22-8-10/h2-8,13,15H,9H2,1H3. The predicted molar refractivity (Wildman–Crippen MR) is 98.2 cm³/mol. The van der Waals surface area contributed by atoms with Crippen LogP contribution in [0.25, 0.3) is 0 Å². The maximum Gasteiger partial charge on any atom is 0.257 e. The second kappa shape index (κ2) is 5.81. The van der Waals surface area contributed by atoms with E-state index in [2.05, 4.69) is 21.7 Å². The van der Waals surface area contributed by atoms with E-state index in [4.69, 9.17) is 17.0 Å². The molecule has 118 valence electrons. The first-order valence-corrected chi connectivity index (χ1v) is 9.54. The number of methoxy groups -OCH3 is 1. The second-order valence-corrected chi connectivity index (χ2v) is 7.58. The summed E-state index contributed by atoms with van der Waals surface area (Å²) in [5.74, 6) is 1.59. The van der Waals surface area contributed by atoms with E-state index in [1.54, 1.807) is 35.1 Å². The predicted octanol–water partition coefficient (Wildman–Crippen LogP) is 3.50. The van der Waals surface area contributed by atoms with E-state index in [-0.39, 0.29) is 17.3 Å². The SMILES string of the molecule is COc1ccc(N2C(=O)C3CSC(c4ccsc4)N3C2=S)cc1. The van der Waals surface area contributed by atoms with Gasteiger partial charge in [0.15, 0.2) is 5.11 Å². The van der Waals surface area contributed by atoms with Gasteiger partial charge in [0.05, 0.1) is 12.8 Å². The van der Waals surface area contributed by atoms with E-state index >= 15 is 0 Å². The molecule has 2 atom stereocenters. The number of benzene rings is 1. The van der Waals surface area contributed by atoms with Gasteiger partial charge in [0, 0.05) is 5.75 Å². The molecule has 1 aromatic heterocycles. The number of carbonyl (C=O) groups is 1. The van der Waals surface area contributed by atoms with Crippen molar-refractivity contribution in [2.24, 2.45) is 0 Å². The average Bonchev–Trinajstić information content (AvgIpc) is 3.28. The van der Waals surface area contributed by atoms with Crippen molar-refractivity contribution in [3.63, 3.8) is 0 Å². The Morgan fingerprint density at radius 2 is 2.04 bits per heavy atom. The Hall–Kier alpha value is -1.57. The molecule has 0 N–H and O–H groups in total. The van der Waals surface area contributed by atoms with Gasteiger partial charge in [-0.1, -0.05) is 0 Å². The molecule has 3 heterocycles. The van der Waals surface area contributed by atoms with Crippen LogP contribution in [0.2, 0.25) is 0 Å². The Balaban J connectivity index is 1.66. The van der Waals surface area contributed by atoms with Gasteiger partial charge in [0.1, 0.15) is 17.2 Å². The number of nitrogens with zero attached hydrogens (tertiary/aromatic N) is 2. The van der Waals surface area contributed by atoms with E-state index in [0.29, 0.717) is 5.11 Å². The quantitative estimate of drug-likeness (QED) is 0.781. The van der Waals surface area contributed by atoms with Gasteiger partial charge < -0.3 is 9.64 Å². The molecule has 0 radical (unpaired) electrons. The van der Waals surface area contributed by atoms with E-state index in [0.717, 1.165) is 17.2 Å². The zero-order chi connectivity index (χ0) is 16.0. The van der Waals surface area contributed by atoms with Gasteiger partial charge in [-0.05, 0) is 58.9 Å². The molecule has 2 fully saturated rings. The van der Waals surface area contributed by atoms with Gasteiger partial charge in [0.2, 0.25) is 0 Å². The lowest BCUT2D eigenvalue weighted by Crippen LogP contribution is -2.33. The molecule has 23 heavy (non-hydrogen) atoms. The minimum Gasteiger partial charge on any atom is -0.497 e. The third kappa shape index (κ3) is 2.34. The third-order valence-corrected chi connectivity index (χ3v) is 6.50. The monoisotopic (exact) mass is 362 g/mol. The molecule has 0 saturated carbocycles. The van der Waals surface area contributed by atoms with Crippen LogP contribution in [0.3, 0.4) is 0 Å². The van der Waals surface area contributed by atoms with Crippen molar-refractivity contribution in [2.75, 3.05) is 17.8 Å². The van der Waals surface area contributed by atoms with Crippen molar-refractivity contribution in [1.29, 1.82) is 0 Å². The number of rotatable bonds is 3. The Morgan fingerprint density at radius 3 is 2.70 bits per heavy atom. The van der Waals surface area contributed by atoms with Crippen LogP contribution in [0, 0.1) is 0 Å². The number of hydrogen-bond acceptors (Lipinski definition) is 5. The zero-order valence-corrected chi connectivity index (χ0v) is 14.8. The van der Waals surface area contributed by atoms with Crippen LogP contribution in [0.4, 0.5) is 5.69 Å². The lowest BCUT2D eigenvalue weighted by molar-refractivity contribution is -0.119. The third-order valence-electron chi connectivity index (χ3n) is 4.08. The summed E-state index contributed by atoms with van der Waals surface area (Å²) in [7, 11) is 1.62. The summed E-state index contributed by atoms with van der Waals surface area (Å²) >= 11 is 9.09. The molecular formula is C16H14N2O2S3. The molecule has 2 aliphatic heterocycles. The van der Waals surface area contributed by atoms with E-state index in [1.807, 2.05) is 24.3 Å². The highest BCUT2D eigenvalue weighted by Gasteiger charge is 2.50. The summed E-state index contributed by atoms with van der Waals surface area (Å²) < 4.78 is 5.18. The molecule has 0 aliphatic carbocycles. The molecule has 2 unspecified atom stereocenters. The number of carbonyl (C=O) groups excluding carboxylic acids is 1. The molecule has 0 bridgehead atoms. The van der Waals surface area contributed by atoms with Crippen LogP contribution < -0.4 is 9.64 Å². The maximum atomic E-state index is 12.8. The topological polar surface area (TPSA) is 32.8 Å². The molecule has 0 spiro atoms. The number of anilines is 1. The summed E-state index contributed by atoms with van der Waals surface area (Å²) in [5, 5.41) is 4.91. The van der Waals surface area contributed by atoms with Crippen molar-refractivity contribution in [1.82, 2.24) is 4.90 Å². The second-order valence-electron chi connectivity index (χ2n) is 5.32. The van der Waals surface area contributed by atoms with Crippen molar-refractivity contribution in [2.45, 2.75) is 11.4 Å².